The molecule has 2 N–H and O–H groups in total. The highest BCUT2D eigenvalue weighted by atomic mass is 16.5. The van der Waals surface area contributed by atoms with Crippen LogP contribution in [0.1, 0.15) is 32.1 Å². The predicted octanol–water partition coefficient (Wildman–Crippen LogP) is 2.73. The third kappa shape index (κ3) is 2.96. The van der Waals surface area contributed by atoms with E-state index in [4.69, 9.17) is 10.5 Å². The summed E-state index contributed by atoms with van der Waals surface area (Å²) >= 11 is 0. The van der Waals surface area contributed by atoms with Crippen LogP contribution in [0.2, 0.25) is 0 Å². The molecule has 0 radical (unpaired) electrons. The Morgan fingerprint density at radius 3 is 2.47 bits per heavy atom. The zero-order valence-corrected chi connectivity index (χ0v) is 9.11. The smallest absolute Gasteiger partial charge is 0.119 e. The van der Waals surface area contributed by atoms with Gasteiger partial charge in [0.1, 0.15) is 5.75 Å². The van der Waals surface area contributed by atoms with E-state index in [0.29, 0.717) is 0 Å². The Morgan fingerprint density at radius 1 is 1.13 bits per heavy atom. The molecule has 82 valence electrons. The van der Waals surface area contributed by atoms with E-state index in [1.165, 1.54) is 12.8 Å². The summed E-state index contributed by atoms with van der Waals surface area (Å²) in [5, 5.41) is 0. The van der Waals surface area contributed by atoms with Crippen molar-refractivity contribution in [3.8, 4) is 5.75 Å². The number of hydrogen-bond donors (Lipinski definition) is 1. The summed E-state index contributed by atoms with van der Waals surface area (Å²) in [6.45, 7) is 0.737. The van der Waals surface area contributed by atoms with Crippen LogP contribution < -0.4 is 10.5 Å². The minimum atomic E-state index is 0.0504. The maximum absolute atomic E-state index is 6.24. The van der Waals surface area contributed by atoms with Crippen molar-refractivity contribution in [3.63, 3.8) is 0 Å². The van der Waals surface area contributed by atoms with Crippen molar-refractivity contribution >= 4 is 0 Å². The summed E-state index contributed by atoms with van der Waals surface area (Å²) in [6, 6.07) is 9.94. The largest absolute Gasteiger partial charge is 0.494 e. The Hall–Kier alpha value is -1.02. The van der Waals surface area contributed by atoms with Gasteiger partial charge >= 0.3 is 0 Å². The van der Waals surface area contributed by atoms with Crippen LogP contribution in [0, 0.1) is 0 Å². The molecule has 0 amide bonds. The lowest BCUT2D eigenvalue weighted by molar-refractivity contribution is 0.258. The van der Waals surface area contributed by atoms with Gasteiger partial charge in [0, 0.05) is 5.54 Å². The molecule has 0 unspecified atom stereocenters. The van der Waals surface area contributed by atoms with Crippen molar-refractivity contribution in [1.82, 2.24) is 0 Å². The van der Waals surface area contributed by atoms with Gasteiger partial charge in [-0.3, -0.25) is 0 Å². The molecule has 2 nitrogen and oxygen atoms in total. The zero-order valence-electron chi connectivity index (χ0n) is 9.11. The highest BCUT2D eigenvalue weighted by Crippen LogP contribution is 2.30. The summed E-state index contributed by atoms with van der Waals surface area (Å²) in [5.74, 6) is 0.944. The number of rotatable bonds is 4. The molecule has 1 aromatic carbocycles. The van der Waals surface area contributed by atoms with Crippen LogP contribution in [0.3, 0.4) is 0 Å². The molecule has 1 aliphatic carbocycles. The van der Waals surface area contributed by atoms with Gasteiger partial charge in [0.25, 0.3) is 0 Å². The summed E-state index contributed by atoms with van der Waals surface area (Å²) in [5.41, 5.74) is 6.29. The fourth-order valence-corrected chi connectivity index (χ4v) is 2.22. The minimum Gasteiger partial charge on any atom is -0.494 e. The Balaban J connectivity index is 1.75. The molecule has 0 saturated heterocycles. The number of hydrogen-bond acceptors (Lipinski definition) is 2. The van der Waals surface area contributed by atoms with Gasteiger partial charge in [0.15, 0.2) is 0 Å². The molecule has 2 heteroatoms. The second-order valence-electron chi connectivity index (χ2n) is 4.48. The van der Waals surface area contributed by atoms with Gasteiger partial charge in [0.05, 0.1) is 6.61 Å². The molecule has 0 bridgehead atoms. The van der Waals surface area contributed by atoms with Crippen molar-refractivity contribution in [2.45, 2.75) is 37.6 Å². The highest BCUT2D eigenvalue weighted by Gasteiger charge is 2.28. The number of para-hydroxylation sites is 1. The van der Waals surface area contributed by atoms with E-state index in [9.17, 15) is 0 Å². The molecule has 0 aliphatic heterocycles. The SMILES string of the molecule is NC1(CCOc2ccccc2)CCCC1. The van der Waals surface area contributed by atoms with Gasteiger partial charge in [0.2, 0.25) is 0 Å². The quantitative estimate of drug-likeness (QED) is 0.820. The van der Waals surface area contributed by atoms with E-state index >= 15 is 0 Å². The lowest BCUT2D eigenvalue weighted by Gasteiger charge is -2.23. The van der Waals surface area contributed by atoms with Crippen LogP contribution in [0.4, 0.5) is 0 Å². The molecule has 0 heterocycles. The van der Waals surface area contributed by atoms with Crippen molar-refractivity contribution in [3.05, 3.63) is 30.3 Å². The third-order valence-corrected chi connectivity index (χ3v) is 3.21. The Kier molecular flexibility index (Phi) is 3.27. The zero-order chi connectivity index (χ0) is 10.6. The Bertz CT molecular complexity index is 291. The van der Waals surface area contributed by atoms with Gasteiger partial charge in [-0.2, -0.15) is 0 Å². The molecule has 1 fully saturated rings. The van der Waals surface area contributed by atoms with Gasteiger partial charge in [-0.1, -0.05) is 31.0 Å². The maximum Gasteiger partial charge on any atom is 0.119 e. The van der Waals surface area contributed by atoms with E-state index in [1.54, 1.807) is 0 Å². The van der Waals surface area contributed by atoms with Crippen LogP contribution in [0.15, 0.2) is 30.3 Å². The second-order valence-corrected chi connectivity index (χ2v) is 4.48. The molecule has 0 aromatic heterocycles. The molecule has 1 aromatic rings. The average Bonchev–Trinajstić information content (AvgIpc) is 2.67. The van der Waals surface area contributed by atoms with Crippen LogP contribution in [0.25, 0.3) is 0 Å². The van der Waals surface area contributed by atoms with Gasteiger partial charge in [-0.25, -0.2) is 0 Å². The Morgan fingerprint density at radius 2 is 1.80 bits per heavy atom. The summed E-state index contributed by atoms with van der Waals surface area (Å²) in [7, 11) is 0. The lowest BCUT2D eigenvalue weighted by atomic mass is 9.95. The summed E-state index contributed by atoms with van der Waals surface area (Å²) < 4.78 is 5.65. The van der Waals surface area contributed by atoms with E-state index in [2.05, 4.69) is 0 Å². The van der Waals surface area contributed by atoms with Crippen LogP contribution in [-0.4, -0.2) is 12.1 Å². The van der Waals surface area contributed by atoms with Crippen LogP contribution in [0.5, 0.6) is 5.75 Å². The summed E-state index contributed by atoms with van der Waals surface area (Å²) in [6.07, 6.45) is 5.85. The molecule has 1 saturated carbocycles. The fraction of sp³-hybridized carbons (Fsp3) is 0.538. The average molecular weight is 205 g/mol. The Labute approximate surface area is 91.4 Å². The molecule has 0 spiro atoms. The van der Waals surface area contributed by atoms with E-state index < -0.39 is 0 Å². The fourth-order valence-electron chi connectivity index (χ4n) is 2.22. The van der Waals surface area contributed by atoms with Gasteiger partial charge in [-0.05, 0) is 31.4 Å². The first kappa shape index (κ1) is 10.5. The van der Waals surface area contributed by atoms with Gasteiger partial charge in [-0.15, -0.1) is 0 Å². The number of ether oxygens (including phenoxy) is 1. The first-order valence-corrected chi connectivity index (χ1v) is 5.75. The minimum absolute atomic E-state index is 0.0504. The molecule has 0 atom stereocenters. The van der Waals surface area contributed by atoms with Crippen LogP contribution >= 0.6 is 0 Å². The molecular weight excluding hydrogens is 186 g/mol. The van der Waals surface area contributed by atoms with Crippen molar-refractivity contribution in [1.29, 1.82) is 0 Å². The summed E-state index contributed by atoms with van der Waals surface area (Å²) in [4.78, 5) is 0. The molecule has 2 rings (SSSR count). The van der Waals surface area contributed by atoms with E-state index in [1.807, 2.05) is 30.3 Å². The van der Waals surface area contributed by atoms with Crippen molar-refractivity contribution in [2.75, 3.05) is 6.61 Å². The molecule has 1 aliphatic rings. The highest BCUT2D eigenvalue weighted by molar-refractivity contribution is 5.20. The van der Waals surface area contributed by atoms with E-state index in [-0.39, 0.29) is 5.54 Å². The topological polar surface area (TPSA) is 35.2 Å². The first-order valence-electron chi connectivity index (χ1n) is 5.75. The van der Waals surface area contributed by atoms with E-state index in [0.717, 1.165) is 31.6 Å². The third-order valence-electron chi connectivity index (χ3n) is 3.21. The van der Waals surface area contributed by atoms with Crippen LogP contribution in [-0.2, 0) is 0 Å². The first-order chi connectivity index (χ1) is 7.29. The molecule has 15 heavy (non-hydrogen) atoms. The monoisotopic (exact) mass is 205 g/mol. The molecular formula is C13H19NO. The van der Waals surface area contributed by atoms with Crippen molar-refractivity contribution in [2.24, 2.45) is 5.73 Å². The normalized spacial score (nSPS) is 19.0. The number of nitrogens with two attached hydrogens (primary N) is 1. The predicted molar refractivity (Wildman–Crippen MR) is 61.9 cm³/mol. The second kappa shape index (κ2) is 4.67. The number of benzene rings is 1. The van der Waals surface area contributed by atoms with Crippen molar-refractivity contribution < 1.29 is 4.74 Å². The standard InChI is InChI=1S/C13H19NO/c14-13(8-4-5-9-13)10-11-15-12-6-2-1-3-7-12/h1-3,6-7H,4-5,8-11,14H2. The maximum atomic E-state index is 6.24. The lowest BCUT2D eigenvalue weighted by Crippen LogP contribution is -2.37. The van der Waals surface area contributed by atoms with Gasteiger partial charge < -0.3 is 10.5 Å².